The molecule has 0 saturated carbocycles. The summed E-state index contributed by atoms with van der Waals surface area (Å²) in [7, 11) is 0. The van der Waals surface area contributed by atoms with Crippen LogP contribution in [0, 0.1) is 5.82 Å². The third kappa shape index (κ3) is 2.89. The molecule has 4 rings (SSSR count). The lowest BCUT2D eigenvalue weighted by Gasteiger charge is -2.26. The van der Waals surface area contributed by atoms with Gasteiger partial charge < -0.3 is 0 Å². The summed E-state index contributed by atoms with van der Waals surface area (Å²) in [6.45, 7) is 2.10. The van der Waals surface area contributed by atoms with Crippen LogP contribution in [0.2, 0.25) is 5.02 Å². The fraction of sp³-hybridized carbons (Fsp3) is 0.100. The van der Waals surface area contributed by atoms with Gasteiger partial charge in [-0.3, -0.25) is 4.98 Å². The average Bonchev–Trinajstić information content (AvgIpc) is 2.64. The van der Waals surface area contributed by atoms with Crippen molar-refractivity contribution in [3.8, 4) is 11.3 Å². The Morgan fingerprint density at radius 1 is 1.20 bits per heavy atom. The molecule has 0 N–H and O–H groups in total. The summed E-state index contributed by atoms with van der Waals surface area (Å²) in [6.07, 6.45) is 10.6. The molecule has 124 valence electrons. The van der Waals surface area contributed by atoms with Crippen LogP contribution in [0.4, 0.5) is 4.39 Å². The summed E-state index contributed by atoms with van der Waals surface area (Å²) in [5.41, 5.74) is 5.83. The second-order valence-electron chi connectivity index (χ2n) is 5.96. The first-order valence-electron chi connectivity index (χ1n) is 7.95. The highest BCUT2D eigenvalue weighted by Gasteiger charge is 2.18. The van der Waals surface area contributed by atoms with Crippen LogP contribution in [-0.2, 0) is 0 Å². The zero-order chi connectivity index (χ0) is 17.4. The Balaban J connectivity index is 1.80. The Hall–Kier alpha value is -2.72. The number of hydrazone groups is 1. The lowest BCUT2D eigenvalue weighted by atomic mass is 9.97. The minimum atomic E-state index is -0.437. The van der Waals surface area contributed by atoms with E-state index in [4.69, 9.17) is 11.6 Å². The van der Waals surface area contributed by atoms with Gasteiger partial charge in [-0.2, -0.15) is 5.10 Å². The number of pyridine rings is 1. The summed E-state index contributed by atoms with van der Waals surface area (Å²) >= 11 is 5.94. The van der Waals surface area contributed by atoms with Crippen molar-refractivity contribution in [1.29, 1.82) is 0 Å². The summed E-state index contributed by atoms with van der Waals surface area (Å²) in [6, 6.07) is 8.53. The SMILES string of the molecule is CC1=C2C=CC(c3cccnc3-c3ccc(F)c(Cl)c3)=CN2N=CC1. The van der Waals surface area contributed by atoms with Gasteiger partial charge >= 0.3 is 0 Å². The first-order chi connectivity index (χ1) is 12.1. The number of halogens is 2. The zero-order valence-corrected chi connectivity index (χ0v) is 14.3. The van der Waals surface area contributed by atoms with Crippen molar-refractivity contribution in [2.45, 2.75) is 13.3 Å². The number of benzene rings is 1. The van der Waals surface area contributed by atoms with Gasteiger partial charge in [-0.05, 0) is 42.8 Å². The van der Waals surface area contributed by atoms with Crippen LogP contribution >= 0.6 is 11.6 Å². The van der Waals surface area contributed by atoms with E-state index in [1.165, 1.54) is 11.6 Å². The van der Waals surface area contributed by atoms with E-state index in [1.54, 1.807) is 18.3 Å². The van der Waals surface area contributed by atoms with Crippen LogP contribution in [0.5, 0.6) is 0 Å². The van der Waals surface area contributed by atoms with Crippen LogP contribution in [0.3, 0.4) is 0 Å². The smallest absolute Gasteiger partial charge is 0.141 e. The van der Waals surface area contributed by atoms with Crippen molar-refractivity contribution in [2.24, 2.45) is 5.10 Å². The van der Waals surface area contributed by atoms with Crippen molar-refractivity contribution in [3.05, 3.63) is 82.6 Å². The molecule has 0 radical (unpaired) electrons. The molecule has 2 aliphatic rings. The largest absolute Gasteiger partial charge is 0.256 e. The molecule has 0 amide bonds. The van der Waals surface area contributed by atoms with Gasteiger partial charge in [-0.15, -0.1) is 0 Å². The Morgan fingerprint density at radius 3 is 2.92 bits per heavy atom. The van der Waals surface area contributed by atoms with Gasteiger partial charge in [0.15, 0.2) is 0 Å². The Labute approximate surface area is 150 Å². The van der Waals surface area contributed by atoms with Gasteiger partial charge in [-0.1, -0.05) is 23.7 Å². The Morgan fingerprint density at radius 2 is 2.08 bits per heavy atom. The van der Waals surface area contributed by atoms with E-state index in [-0.39, 0.29) is 5.02 Å². The second-order valence-corrected chi connectivity index (χ2v) is 6.37. The van der Waals surface area contributed by atoms with Gasteiger partial charge in [0, 0.05) is 41.7 Å². The molecule has 0 unspecified atom stereocenters. The number of hydrogen-bond donors (Lipinski definition) is 0. The monoisotopic (exact) mass is 351 g/mol. The molecule has 0 saturated heterocycles. The molecular weight excluding hydrogens is 337 g/mol. The average molecular weight is 352 g/mol. The second kappa shape index (κ2) is 6.30. The molecule has 0 atom stereocenters. The van der Waals surface area contributed by atoms with Crippen molar-refractivity contribution >= 4 is 23.4 Å². The number of fused-ring (bicyclic) bond motifs is 1. The molecule has 2 aromatic rings. The molecule has 2 aliphatic heterocycles. The maximum Gasteiger partial charge on any atom is 0.141 e. The van der Waals surface area contributed by atoms with Crippen LogP contribution < -0.4 is 0 Å². The third-order valence-corrected chi connectivity index (χ3v) is 4.57. The summed E-state index contributed by atoms with van der Waals surface area (Å²) in [4.78, 5) is 4.49. The molecule has 1 aromatic carbocycles. The summed E-state index contributed by atoms with van der Waals surface area (Å²) in [5, 5.41) is 6.40. The van der Waals surface area contributed by atoms with Gasteiger partial charge in [-0.25, -0.2) is 9.40 Å². The lowest BCUT2D eigenvalue weighted by molar-refractivity contribution is 0.498. The van der Waals surface area contributed by atoms with Gasteiger partial charge in [0.25, 0.3) is 0 Å². The quantitative estimate of drug-likeness (QED) is 0.723. The number of rotatable bonds is 2. The lowest BCUT2D eigenvalue weighted by Crippen LogP contribution is -2.17. The predicted octanol–water partition coefficient (Wildman–Crippen LogP) is 5.42. The topological polar surface area (TPSA) is 28.5 Å². The normalized spacial score (nSPS) is 16.1. The highest BCUT2D eigenvalue weighted by molar-refractivity contribution is 6.31. The van der Waals surface area contributed by atoms with Gasteiger partial charge in [0.05, 0.1) is 16.4 Å². The fourth-order valence-corrected chi connectivity index (χ4v) is 3.14. The third-order valence-electron chi connectivity index (χ3n) is 4.28. The molecule has 0 aliphatic carbocycles. The fourth-order valence-electron chi connectivity index (χ4n) is 2.96. The highest BCUT2D eigenvalue weighted by Crippen LogP contribution is 2.34. The number of nitrogens with zero attached hydrogens (tertiary/aromatic N) is 3. The van der Waals surface area contributed by atoms with Gasteiger partial charge in [0.1, 0.15) is 5.82 Å². The standard InChI is InChI=1S/C20H15ClFN3/c1-13-8-10-24-25-12-15(5-7-19(13)25)16-3-2-9-23-20(16)14-4-6-18(22)17(21)11-14/h2-7,9-12H,8H2,1H3. The molecular formula is C20H15ClFN3. The van der Waals surface area contributed by atoms with Crippen molar-refractivity contribution in [2.75, 3.05) is 0 Å². The first-order valence-corrected chi connectivity index (χ1v) is 8.33. The van der Waals surface area contributed by atoms with Crippen molar-refractivity contribution in [1.82, 2.24) is 9.99 Å². The van der Waals surface area contributed by atoms with Crippen molar-refractivity contribution < 1.29 is 4.39 Å². The maximum atomic E-state index is 13.5. The Bertz CT molecular complexity index is 973. The predicted molar refractivity (Wildman–Crippen MR) is 99.4 cm³/mol. The molecule has 25 heavy (non-hydrogen) atoms. The highest BCUT2D eigenvalue weighted by atomic mass is 35.5. The van der Waals surface area contributed by atoms with E-state index in [9.17, 15) is 4.39 Å². The summed E-state index contributed by atoms with van der Waals surface area (Å²) in [5.74, 6) is -0.437. The van der Waals surface area contributed by atoms with Crippen LogP contribution in [-0.4, -0.2) is 16.2 Å². The number of hydrogen-bond acceptors (Lipinski definition) is 3. The molecule has 5 heteroatoms. The minimum absolute atomic E-state index is 0.0868. The number of aromatic nitrogens is 1. The molecule has 0 bridgehead atoms. The molecule has 1 aromatic heterocycles. The van der Waals surface area contributed by atoms with Crippen LogP contribution in [0.1, 0.15) is 18.9 Å². The van der Waals surface area contributed by atoms with E-state index >= 15 is 0 Å². The van der Waals surface area contributed by atoms with E-state index in [0.717, 1.165) is 34.5 Å². The molecule has 3 nitrogen and oxygen atoms in total. The summed E-state index contributed by atoms with van der Waals surface area (Å²) < 4.78 is 13.5. The minimum Gasteiger partial charge on any atom is -0.256 e. The maximum absolute atomic E-state index is 13.5. The van der Waals surface area contributed by atoms with Crippen LogP contribution in [0.25, 0.3) is 16.8 Å². The molecule has 3 heterocycles. The molecule has 0 spiro atoms. The number of allylic oxidation sites excluding steroid dienone is 4. The first kappa shape index (κ1) is 15.8. The van der Waals surface area contributed by atoms with E-state index in [1.807, 2.05) is 29.6 Å². The Kier molecular flexibility index (Phi) is 3.98. The van der Waals surface area contributed by atoms with E-state index in [0.29, 0.717) is 0 Å². The van der Waals surface area contributed by atoms with Crippen LogP contribution in [0.15, 0.2) is 71.3 Å². The molecule has 0 fully saturated rings. The van der Waals surface area contributed by atoms with E-state index < -0.39 is 5.82 Å². The zero-order valence-electron chi connectivity index (χ0n) is 13.6. The van der Waals surface area contributed by atoms with Gasteiger partial charge in [0.2, 0.25) is 0 Å². The van der Waals surface area contributed by atoms with E-state index in [2.05, 4.69) is 29.2 Å². The van der Waals surface area contributed by atoms with Crippen molar-refractivity contribution in [3.63, 3.8) is 0 Å².